The first-order valence-electron chi connectivity index (χ1n) is 4.33. The molecule has 0 bridgehead atoms. The fourth-order valence-electron chi connectivity index (χ4n) is 1.06. The van der Waals surface area contributed by atoms with E-state index >= 15 is 0 Å². The van der Waals surface area contributed by atoms with Crippen LogP contribution in [0.25, 0.3) is 0 Å². The predicted octanol–water partition coefficient (Wildman–Crippen LogP) is 2.26. The molecule has 65 valence electrons. The lowest BCUT2D eigenvalue weighted by molar-refractivity contribution is -0.122. The van der Waals surface area contributed by atoms with Crippen molar-refractivity contribution in [1.29, 1.82) is 0 Å². The quantitative estimate of drug-likeness (QED) is 0.602. The minimum absolute atomic E-state index is 0.0163. The molecule has 0 heterocycles. The lowest BCUT2D eigenvalue weighted by Crippen LogP contribution is -2.14. The van der Waals surface area contributed by atoms with Crippen LogP contribution in [0, 0.1) is 11.8 Å². The molecule has 1 N–H and O–H groups in total. The van der Waals surface area contributed by atoms with Crippen molar-refractivity contribution in [3.05, 3.63) is 0 Å². The van der Waals surface area contributed by atoms with Gasteiger partial charge in [-0.3, -0.25) is 10.5 Å². The zero-order valence-electron chi connectivity index (χ0n) is 7.68. The van der Waals surface area contributed by atoms with Gasteiger partial charge in [-0.1, -0.05) is 27.2 Å². The van der Waals surface area contributed by atoms with E-state index in [0.717, 1.165) is 19.3 Å². The van der Waals surface area contributed by atoms with Crippen LogP contribution in [0.5, 0.6) is 0 Å². The normalized spacial score (nSPS) is 13.5. The third-order valence-corrected chi connectivity index (χ3v) is 1.96. The van der Waals surface area contributed by atoms with Gasteiger partial charge in [-0.15, -0.1) is 0 Å². The van der Waals surface area contributed by atoms with Crippen LogP contribution in [0.15, 0.2) is 0 Å². The molecule has 0 saturated heterocycles. The summed E-state index contributed by atoms with van der Waals surface area (Å²) in [4.78, 5) is 10.7. The lowest BCUT2D eigenvalue weighted by Gasteiger charge is -2.10. The second kappa shape index (κ2) is 5.16. The summed E-state index contributed by atoms with van der Waals surface area (Å²) < 4.78 is 0. The molecule has 1 atom stereocenters. The minimum atomic E-state index is -0.395. The highest BCUT2D eigenvalue weighted by Gasteiger charge is 2.13. The van der Waals surface area contributed by atoms with Gasteiger partial charge in [0.25, 0.3) is 0 Å². The Balaban J connectivity index is 3.61. The van der Waals surface area contributed by atoms with E-state index in [1.165, 1.54) is 0 Å². The first-order chi connectivity index (χ1) is 5.07. The molecule has 1 unspecified atom stereocenters. The third kappa shape index (κ3) is 4.82. The summed E-state index contributed by atoms with van der Waals surface area (Å²) in [6, 6.07) is 0. The average molecular weight is 156 g/mol. The van der Waals surface area contributed by atoms with Crippen molar-refractivity contribution in [3.8, 4) is 0 Å². The lowest BCUT2D eigenvalue weighted by atomic mass is 9.95. The van der Waals surface area contributed by atoms with Crippen LogP contribution in [0.1, 0.15) is 40.0 Å². The van der Waals surface area contributed by atoms with E-state index in [4.69, 9.17) is 5.73 Å². The second-order valence-electron chi connectivity index (χ2n) is 3.44. The van der Waals surface area contributed by atoms with Crippen molar-refractivity contribution in [3.63, 3.8) is 0 Å². The first kappa shape index (κ1) is 10.5. The molecule has 2 nitrogen and oxygen atoms in total. The minimum Gasteiger partial charge on any atom is -0.273 e. The Bertz CT molecular complexity index is 121. The van der Waals surface area contributed by atoms with Gasteiger partial charge >= 0.3 is 0 Å². The molecule has 0 spiro atoms. The van der Waals surface area contributed by atoms with E-state index in [1.807, 2.05) is 6.92 Å². The Morgan fingerprint density at radius 3 is 2.18 bits per heavy atom. The molecule has 0 aliphatic heterocycles. The Morgan fingerprint density at radius 2 is 1.91 bits per heavy atom. The van der Waals surface area contributed by atoms with Gasteiger partial charge in [-0.2, -0.15) is 0 Å². The van der Waals surface area contributed by atoms with Crippen molar-refractivity contribution < 1.29 is 4.79 Å². The van der Waals surface area contributed by atoms with Crippen LogP contribution in [0.2, 0.25) is 0 Å². The van der Waals surface area contributed by atoms with E-state index in [1.54, 1.807) is 0 Å². The van der Waals surface area contributed by atoms with E-state index in [0.29, 0.717) is 5.92 Å². The fourth-order valence-corrected chi connectivity index (χ4v) is 1.06. The molecule has 0 fully saturated rings. The summed E-state index contributed by atoms with van der Waals surface area (Å²) in [7, 11) is 0. The number of carbonyl (C=O) groups is 1. The maximum Gasteiger partial charge on any atom is 0.241 e. The molecule has 0 saturated carbocycles. The van der Waals surface area contributed by atoms with E-state index in [9.17, 15) is 4.79 Å². The van der Waals surface area contributed by atoms with Crippen LogP contribution in [-0.4, -0.2) is 5.91 Å². The van der Waals surface area contributed by atoms with Gasteiger partial charge in [0.15, 0.2) is 0 Å². The maximum atomic E-state index is 10.7. The summed E-state index contributed by atoms with van der Waals surface area (Å²) in [5.41, 5.74) is 6.94. The zero-order valence-corrected chi connectivity index (χ0v) is 7.68. The zero-order chi connectivity index (χ0) is 8.85. The summed E-state index contributed by atoms with van der Waals surface area (Å²) in [6.45, 7) is 6.25. The van der Waals surface area contributed by atoms with Crippen LogP contribution in [0.3, 0.4) is 0 Å². The van der Waals surface area contributed by atoms with Crippen molar-refractivity contribution in [1.82, 2.24) is 5.73 Å². The number of rotatable bonds is 5. The van der Waals surface area contributed by atoms with Crippen molar-refractivity contribution in [2.75, 3.05) is 0 Å². The molecular formula is C9H18NO. The van der Waals surface area contributed by atoms with Crippen molar-refractivity contribution in [2.24, 2.45) is 11.8 Å². The van der Waals surface area contributed by atoms with E-state index in [2.05, 4.69) is 13.8 Å². The van der Waals surface area contributed by atoms with Gasteiger partial charge < -0.3 is 0 Å². The molecule has 0 aliphatic rings. The first-order valence-corrected chi connectivity index (χ1v) is 4.33. The number of hydrogen-bond donors (Lipinski definition) is 0. The van der Waals surface area contributed by atoms with Crippen molar-refractivity contribution >= 4 is 5.91 Å². The second-order valence-corrected chi connectivity index (χ2v) is 3.44. The standard InChI is InChI=1S/C9H18NO/c1-4-8(9(10)11)6-5-7(2)3/h7-8,10H,4-6H2,1-3H3. The molecule has 0 aliphatic carbocycles. The Kier molecular flexibility index (Phi) is 4.92. The van der Waals surface area contributed by atoms with Gasteiger partial charge in [0.2, 0.25) is 5.91 Å². The van der Waals surface area contributed by atoms with Crippen molar-refractivity contribution in [2.45, 2.75) is 40.0 Å². The molecule has 2 heteroatoms. The molecule has 11 heavy (non-hydrogen) atoms. The topological polar surface area (TPSA) is 40.9 Å². The Morgan fingerprint density at radius 1 is 1.36 bits per heavy atom. The van der Waals surface area contributed by atoms with Gasteiger partial charge in [0.1, 0.15) is 0 Å². The fraction of sp³-hybridized carbons (Fsp3) is 0.889. The van der Waals surface area contributed by atoms with Gasteiger partial charge in [-0.25, -0.2) is 0 Å². The predicted molar refractivity (Wildman–Crippen MR) is 46.0 cm³/mol. The molecule has 1 amide bonds. The van der Waals surface area contributed by atoms with E-state index < -0.39 is 5.91 Å². The molecule has 0 aromatic carbocycles. The summed E-state index contributed by atoms with van der Waals surface area (Å²) in [5, 5.41) is 0. The molecule has 0 aromatic heterocycles. The largest absolute Gasteiger partial charge is 0.273 e. The summed E-state index contributed by atoms with van der Waals surface area (Å²) >= 11 is 0. The average Bonchev–Trinajstić information content (AvgIpc) is 1.87. The highest BCUT2D eigenvalue weighted by molar-refractivity contribution is 5.75. The monoisotopic (exact) mass is 156 g/mol. The SMILES string of the molecule is CCC(CCC(C)C)C([NH])=O. The number of hydrogen-bond acceptors (Lipinski definition) is 1. The Labute approximate surface area is 69.2 Å². The highest BCUT2D eigenvalue weighted by atomic mass is 16.1. The third-order valence-electron chi connectivity index (χ3n) is 1.96. The van der Waals surface area contributed by atoms with Crippen LogP contribution in [0.4, 0.5) is 0 Å². The van der Waals surface area contributed by atoms with E-state index in [-0.39, 0.29) is 5.92 Å². The summed E-state index contributed by atoms with van der Waals surface area (Å²) in [5.74, 6) is 0.231. The van der Waals surface area contributed by atoms with Gasteiger partial charge in [-0.05, 0) is 18.8 Å². The molecule has 0 rings (SSSR count). The Hall–Kier alpha value is -0.530. The van der Waals surface area contributed by atoms with Gasteiger partial charge in [0, 0.05) is 5.92 Å². The highest BCUT2D eigenvalue weighted by Crippen LogP contribution is 2.14. The summed E-state index contributed by atoms with van der Waals surface area (Å²) in [6.07, 6.45) is 2.76. The smallest absolute Gasteiger partial charge is 0.241 e. The number of nitrogens with one attached hydrogen (secondary N) is 1. The maximum absolute atomic E-state index is 10.7. The van der Waals surface area contributed by atoms with Crippen LogP contribution >= 0.6 is 0 Å². The molecule has 0 aromatic rings. The molecular weight excluding hydrogens is 138 g/mol. The number of amides is 1. The van der Waals surface area contributed by atoms with Crippen LogP contribution < -0.4 is 5.73 Å². The number of carbonyl (C=O) groups excluding carboxylic acids is 1. The molecule has 1 radical (unpaired) electrons. The van der Waals surface area contributed by atoms with Crippen LogP contribution in [-0.2, 0) is 4.79 Å². The van der Waals surface area contributed by atoms with Gasteiger partial charge in [0.05, 0.1) is 0 Å².